The van der Waals surface area contributed by atoms with E-state index in [0.29, 0.717) is 18.2 Å². The second-order valence-electron chi connectivity index (χ2n) is 5.76. The molecule has 2 aromatic rings. The van der Waals surface area contributed by atoms with Crippen LogP contribution in [-0.4, -0.2) is 17.6 Å². The molecule has 1 aromatic carbocycles. The molecule has 5 heteroatoms. The maximum absolute atomic E-state index is 11.2. The first-order valence-corrected chi connectivity index (χ1v) is 7.49. The second kappa shape index (κ2) is 6.23. The Balaban J connectivity index is 1.58. The van der Waals surface area contributed by atoms with Gasteiger partial charge in [0.2, 0.25) is 5.91 Å². The minimum atomic E-state index is -0.521. The molecule has 1 amide bonds. The van der Waals surface area contributed by atoms with Crippen molar-refractivity contribution in [3.8, 4) is 0 Å². The summed E-state index contributed by atoms with van der Waals surface area (Å²) < 4.78 is 5.85. The van der Waals surface area contributed by atoms with E-state index >= 15 is 0 Å². The number of amides is 1. The van der Waals surface area contributed by atoms with E-state index in [1.54, 1.807) is 6.07 Å². The first-order chi connectivity index (χ1) is 10.7. The van der Waals surface area contributed by atoms with Crippen LogP contribution in [-0.2, 0) is 11.3 Å². The zero-order chi connectivity index (χ0) is 15.5. The lowest BCUT2D eigenvalue weighted by Gasteiger charge is -2.08. The highest BCUT2D eigenvalue weighted by atomic mass is 16.3. The van der Waals surface area contributed by atoms with Gasteiger partial charge >= 0.3 is 0 Å². The Morgan fingerprint density at radius 2 is 2.09 bits per heavy atom. The van der Waals surface area contributed by atoms with Gasteiger partial charge in [0.05, 0.1) is 6.54 Å². The summed E-state index contributed by atoms with van der Waals surface area (Å²) in [5.41, 5.74) is 1.53. The Kier molecular flexibility index (Phi) is 4.15. The van der Waals surface area contributed by atoms with Gasteiger partial charge in [0, 0.05) is 17.3 Å². The average molecular weight is 300 g/mol. The maximum Gasteiger partial charge on any atom is 0.250 e. The number of hydrogen-bond donors (Lipinski definition) is 3. The van der Waals surface area contributed by atoms with Crippen LogP contribution in [0.4, 0.5) is 11.4 Å². The van der Waals surface area contributed by atoms with Crippen molar-refractivity contribution in [1.29, 1.82) is 0 Å². The zero-order valence-corrected chi connectivity index (χ0v) is 12.5. The average Bonchev–Trinajstić information content (AvgIpc) is 3.07. The summed E-state index contributed by atoms with van der Waals surface area (Å²) >= 11 is 0. The van der Waals surface area contributed by atoms with Crippen molar-refractivity contribution in [3.63, 3.8) is 0 Å². The zero-order valence-electron chi connectivity index (χ0n) is 12.5. The fourth-order valence-corrected chi connectivity index (χ4v) is 2.50. The van der Waals surface area contributed by atoms with E-state index in [1.807, 2.05) is 24.3 Å². The van der Waals surface area contributed by atoms with Crippen LogP contribution in [0.2, 0.25) is 0 Å². The number of rotatable bonds is 6. The summed E-state index contributed by atoms with van der Waals surface area (Å²) in [4.78, 5) is 11.2. The number of aliphatic hydroxyl groups is 1. The molecule has 2 atom stereocenters. The number of anilines is 2. The molecule has 0 spiro atoms. The van der Waals surface area contributed by atoms with Gasteiger partial charge in [-0.15, -0.1) is 0 Å². The molecule has 3 N–H and O–H groups in total. The smallest absolute Gasteiger partial charge is 0.250 e. The third kappa shape index (κ3) is 3.49. The Labute approximate surface area is 129 Å². The number of carbonyl (C=O) groups is 1. The third-order valence-corrected chi connectivity index (χ3v) is 3.91. The van der Waals surface area contributed by atoms with Crippen molar-refractivity contribution in [2.24, 2.45) is 5.92 Å². The van der Waals surface area contributed by atoms with Crippen LogP contribution in [0.5, 0.6) is 0 Å². The van der Waals surface area contributed by atoms with Gasteiger partial charge in [0.25, 0.3) is 0 Å². The predicted octanol–water partition coefficient (Wildman–Crippen LogP) is 2.95. The fraction of sp³-hybridized carbons (Fsp3) is 0.353. The molecular weight excluding hydrogens is 280 g/mol. The van der Waals surface area contributed by atoms with Crippen molar-refractivity contribution < 1.29 is 14.3 Å². The van der Waals surface area contributed by atoms with Crippen molar-refractivity contribution in [2.75, 3.05) is 17.2 Å². The number of nitrogens with one attached hydrogen (secondary N) is 2. The van der Waals surface area contributed by atoms with Gasteiger partial charge in [0.15, 0.2) is 0 Å². The van der Waals surface area contributed by atoms with Gasteiger partial charge in [-0.2, -0.15) is 0 Å². The molecule has 22 heavy (non-hydrogen) atoms. The standard InChI is InChI=1S/C17H20N2O3/c1-11-7-15(11)16-6-5-14(22-16)9-18-12-3-2-4-13(8-12)19-17(21)10-20/h2-6,8,11,15,18,20H,7,9-10H2,1H3,(H,19,21). The first-order valence-electron chi connectivity index (χ1n) is 7.49. The molecule has 2 unspecified atom stereocenters. The van der Waals surface area contributed by atoms with Gasteiger partial charge in [-0.1, -0.05) is 13.0 Å². The highest BCUT2D eigenvalue weighted by Gasteiger charge is 2.36. The Morgan fingerprint density at radius 3 is 2.82 bits per heavy atom. The molecule has 1 heterocycles. The van der Waals surface area contributed by atoms with Gasteiger partial charge in [-0.25, -0.2) is 0 Å². The Bertz CT molecular complexity index is 665. The minimum Gasteiger partial charge on any atom is -0.464 e. The van der Waals surface area contributed by atoms with Gasteiger partial charge in [-0.3, -0.25) is 4.79 Å². The van der Waals surface area contributed by atoms with Crippen LogP contribution in [0.3, 0.4) is 0 Å². The molecule has 1 aliphatic carbocycles. The quantitative estimate of drug-likeness (QED) is 0.767. The summed E-state index contributed by atoms with van der Waals surface area (Å²) in [5.74, 6) is 2.88. The van der Waals surface area contributed by atoms with Crippen molar-refractivity contribution in [1.82, 2.24) is 0 Å². The molecular formula is C17H20N2O3. The van der Waals surface area contributed by atoms with E-state index in [2.05, 4.69) is 23.6 Å². The van der Waals surface area contributed by atoms with Crippen molar-refractivity contribution in [3.05, 3.63) is 47.9 Å². The molecule has 116 valence electrons. The third-order valence-electron chi connectivity index (χ3n) is 3.91. The molecule has 3 rings (SSSR count). The van der Waals surface area contributed by atoms with Crippen LogP contribution in [0.25, 0.3) is 0 Å². The first kappa shape index (κ1) is 14.7. The molecule has 1 fully saturated rings. The van der Waals surface area contributed by atoms with E-state index in [4.69, 9.17) is 9.52 Å². The van der Waals surface area contributed by atoms with Crippen molar-refractivity contribution >= 4 is 17.3 Å². The number of benzene rings is 1. The van der Waals surface area contributed by atoms with Crippen LogP contribution < -0.4 is 10.6 Å². The summed E-state index contributed by atoms with van der Waals surface area (Å²) in [6, 6.07) is 11.4. The van der Waals surface area contributed by atoms with E-state index in [0.717, 1.165) is 23.1 Å². The molecule has 0 bridgehead atoms. The molecule has 1 saturated carbocycles. The highest BCUT2D eigenvalue weighted by molar-refractivity contribution is 5.91. The molecule has 0 saturated heterocycles. The topological polar surface area (TPSA) is 74.5 Å². The molecule has 0 radical (unpaired) electrons. The Morgan fingerprint density at radius 1 is 1.32 bits per heavy atom. The number of aliphatic hydroxyl groups excluding tert-OH is 1. The number of carbonyl (C=O) groups excluding carboxylic acids is 1. The lowest BCUT2D eigenvalue weighted by atomic mass is 10.2. The largest absolute Gasteiger partial charge is 0.464 e. The number of furan rings is 1. The normalized spacial score (nSPS) is 19.7. The van der Waals surface area contributed by atoms with Gasteiger partial charge < -0.3 is 20.2 Å². The SMILES string of the molecule is CC1CC1c1ccc(CNc2cccc(NC(=O)CO)c2)o1. The van der Waals surface area contributed by atoms with Crippen LogP contribution >= 0.6 is 0 Å². The lowest BCUT2D eigenvalue weighted by molar-refractivity contribution is -0.118. The second-order valence-corrected chi connectivity index (χ2v) is 5.76. The Hall–Kier alpha value is -2.27. The van der Waals surface area contributed by atoms with Gasteiger partial charge in [0.1, 0.15) is 18.1 Å². The minimum absolute atomic E-state index is 0.425. The van der Waals surface area contributed by atoms with E-state index < -0.39 is 12.5 Å². The maximum atomic E-state index is 11.2. The summed E-state index contributed by atoms with van der Waals surface area (Å²) in [7, 11) is 0. The van der Waals surface area contributed by atoms with E-state index in [-0.39, 0.29) is 0 Å². The predicted molar refractivity (Wildman–Crippen MR) is 84.7 cm³/mol. The summed E-state index contributed by atoms with van der Waals surface area (Å²) in [5, 5.41) is 14.6. The summed E-state index contributed by atoms with van der Waals surface area (Å²) in [6.07, 6.45) is 1.22. The fourth-order valence-electron chi connectivity index (χ4n) is 2.50. The van der Waals surface area contributed by atoms with Crippen molar-refractivity contribution in [2.45, 2.75) is 25.8 Å². The van der Waals surface area contributed by atoms with Crippen LogP contribution in [0, 0.1) is 5.92 Å². The number of hydrogen-bond acceptors (Lipinski definition) is 4. The van der Waals surface area contributed by atoms with Crippen LogP contribution in [0.1, 0.15) is 30.8 Å². The summed E-state index contributed by atoms with van der Waals surface area (Å²) in [6.45, 7) is 2.31. The molecule has 1 aliphatic rings. The van der Waals surface area contributed by atoms with Gasteiger partial charge in [-0.05, 0) is 42.7 Å². The van der Waals surface area contributed by atoms with E-state index in [1.165, 1.54) is 6.42 Å². The monoisotopic (exact) mass is 300 g/mol. The van der Waals surface area contributed by atoms with E-state index in [9.17, 15) is 4.79 Å². The molecule has 1 aromatic heterocycles. The lowest BCUT2D eigenvalue weighted by Crippen LogP contribution is -2.15. The molecule has 0 aliphatic heterocycles. The van der Waals surface area contributed by atoms with Crippen LogP contribution in [0.15, 0.2) is 40.8 Å². The molecule has 5 nitrogen and oxygen atoms in total. The highest BCUT2D eigenvalue weighted by Crippen LogP contribution is 2.47.